The molecule has 3 aromatic carbocycles. The number of aliphatic imine (C=N–C) groups is 2. The second-order valence-electron chi connectivity index (χ2n) is 10.3. The number of fused-ring (bicyclic) bond motifs is 4. The minimum absolute atomic E-state index is 0.0137. The predicted octanol–water partition coefficient (Wildman–Crippen LogP) is 9.13. The molecule has 0 spiro atoms. The monoisotopic (exact) mass is 770 g/mol. The van der Waals surface area contributed by atoms with Gasteiger partial charge in [-0.3, -0.25) is 19.2 Å². The van der Waals surface area contributed by atoms with Gasteiger partial charge in [0.1, 0.15) is 11.7 Å². The molecule has 2 aliphatic carbocycles. The summed E-state index contributed by atoms with van der Waals surface area (Å²) >= 11 is 49.9. The highest BCUT2D eigenvalue weighted by molar-refractivity contribution is 6.56. The molecule has 0 saturated heterocycles. The molecule has 0 fully saturated rings. The second-order valence-corrected chi connectivity index (χ2v) is 13.3. The van der Waals surface area contributed by atoms with Crippen LogP contribution in [0.15, 0.2) is 51.6 Å². The van der Waals surface area contributed by atoms with Gasteiger partial charge in [0, 0.05) is 16.7 Å². The molecular formula is C30H10Cl8N4O4. The molecule has 230 valence electrons. The van der Waals surface area contributed by atoms with Crippen molar-refractivity contribution in [3.8, 4) is 0 Å². The van der Waals surface area contributed by atoms with Crippen molar-refractivity contribution in [3.05, 3.63) is 115 Å². The van der Waals surface area contributed by atoms with E-state index < -0.39 is 17.7 Å². The molecule has 8 nitrogen and oxygen atoms in total. The lowest BCUT2D eigenvalue weighted by Crippen LogP contribution is -2.31. The normalized spacial score (nSPS) is 19.9. The van der Waals surface area contributed by atoms with E-state index in [1.807, 2.05) is 0 Å². The van der Waals surface area contributed by atoms with Crippen LogP contribution in [0.4, 0.5) is 5.69 Å². The molecule has 46 heavy (non-hydrogen) atoms. The fraction of sp³-hybridized carbons (Fsp3) is 0.0667. The number of nitrogens with one attached hydrogen (secondary N) is 2. The van der Waals surface area contributed by atoms with Gasteiger partial charge >= 0.3 is 0 Å². The number of hydrogen-bond acceptors (Lipinski definition) is 6. The zero-order valence-electron chi connectivity index (χ0n) is 22.2. The molecule has 2 N–H and O–H groups in total. The standard InChI is InChI=1S/C30H10Cl8N4O4/c31-17-13-15(19(33)23(37)21(17)35)29(45)41-27(13)39-7-1-3-9-11(5-7)26(44)10-4-2-8(6-12(10)25(9)43)40-28-14-16(30(46)42-28)20(34)24(38)22(36)18(14)32/h1-3,5-6,10H,4H2,(H,39,41,45)(H,40,42,46). The number of benzene rings is 3. The minimum Gasteiger partial charge on any atom is -0.306 e. The number of nitrogens with zero attached hydrogens (tertiary/aromatic N) is 2. The van der Waals surface area contributed by atoms with Crippen molar-refractivity contribution in [2.75, 3.05) is 0 Å². The molecule has 7 rings (SSSR count). The van der Waals surface area contributed by atoms with Crippen LogP contribution in [0.3, 0.4) is 0 Å². The van der Waals surface area contributed by atoms with Crippen LogP contribution in [0, 0.1) is 5.92 Å². The number of carbonyl (C=O) groups excluding carboxylic acids is 4. The van der Waals surface area contributed by atoms with E-state index in [1.54, 1.807) is 6.08 Å². The third-order valence-electron chi connectivity index (χ3n) is 7.74. The summed E-state index contributed by atoms with van der Waals surface area (Å²) in [6.07, 6.45) is 3.29. The van der Waals surface area contributed by atoms with Crippen molar-refractivity contribution >= 4 is 134 Å². The number of Topliss-reactive ketones (excluding diaryl/α,β-unsaturated/α-hetero) is 2. The fourth-order valence-electron chi connectivity index (χ4n) is 5.61. The van der Waals surface area contributed by atoms with Crippen LogP contribution < -0.4 is 10.6 Å². The summed E-state index contributed by atoms with van der Waals surface area (Å²) in [4.78, 5) is 61.6. The zero-order valence-corrected chi connectivity index (χ0v) is 28.3. The molecule has 0 aromatic heterocycles. The van der Waals surface area contributed by atoms with Gasteiger partial charge in [-0.25, -0.2) is 9.98 Å². The third kappa shape index (κ3) is 4.65. The lowest BCUT2D eigenvalue weighted by molar-refractivity contribution is 0.0882. The molecule has 2 amide bonds. The number of carbonyl (C=O) groups is 4. The Balaban J connectivity index is 1.24. The maximum Gasteiger partial charge on any atom is 0.259 e. The predicted molar refractivity (Wildman–Crippen MR) is 180 cm³/mol. The zero-order chi connectivity index (χ0) is 32.9. The van der Waals surface area contributed by atoms with E-state index in [1.165, 1.54) is 24.3 Å². The van der Waals surface area contributed by atoms with Crippen LogP contribution in [-0.2, 0) is 0 Å². The average Bonchev–Trinajstić information content (AvgIpc) is 3.54. The van der Waals surface area contributed by atoms with Gasteiger partial charge in [-0.2, -0.15) is 0 Å². The average molecular weight is 774 g/mol. The summed E-state index contributed by atoms with van der Waals surface area (Å²) < 4.78 is 0. The number of hydrogen-bond donors (Lipinski definition) is 2. The number of rotatable bonds is 2. The van der Waals surface area contributed by atoms with Gasteiger partial charge in [0.2, 0.25) is 0 Å². The summed E-state index contributed by atoms with van der Waals surface area (Å²) in [5.74, 6) is -2.52. The molecule has 4 aliphatic rings. The number of ketones is 2. The van der Waals surface area contributed by atoms with Gasteiger partial charge in [-0.05, 0) is 30.7 Å². The van der Waals surface area contributed by atoms with E-state index in [0.29, 0.717) is 5.70 Å². The molecule has 0 saturated carbocycles. The Labute approximate surface area is 298 Å². The van der Waals surface area contributed by atoms with E-state index in [0.717, 1.165) is 0 Å². The summed E-state index contributed by atoms with van der Waals surface area (Å²) in [5, 5.41) is 4.80. The first-order valence-corrected chi connectivity index (χ1v) is 16.0. The molecule has 1 atom stereocenters. The quantitative estimate of drug-likeness (QED) is 0.200. The minimum atomic E-state index is -0.787. The van der Waals surface area contributed by atoms with Crippen LogP contribution in [-0.4, -0.2) is 35.1 Å². The molecule has 16 heteroatoms. The van der Waals surface area contributed by atoms with Crippen LogP contribution in [0.25, 0.3) is 0 Å². The molecule has 0 radical (unpaired) electrons. The van der Waals surface area contributed by atoms with Gasteiger partial charge in [-0.1, -0.05) is 98.9 Å². The lowest BCUT2D eigenvalue weighted by Gasteiger charge is -2.27. The maximum atomic E-state index is 13.7. The van der Waals surface area contributed by atoms with Gasteiger partial charge in [0.15, 0.2) is 11.6 Å². The Morgan fingerprint density at radius 3 is 1.65 bits per heavy atom. The number of amides is 2. The van der Waals surface area contributed by atoms with Crippen molar-refractivity contribution in [3.63, 3.8) is 0 Å². The van der Waals surface area contributed by atoms with Crippen molar-refractivity contribution in [2.24, 2.45) is 15.9 Å². The van der Waals surface area contributed by atoms with Gasteiger partial charge < -0.3 is 10.6 Å². The van der Waals surface area contributed by atoms with Crippen LogP contribution in [0.2, 0.25) is 40.2 Å². The highest BCUT2D eigenvalue weighted by Crippen LogP contribution is 2.45. The van der Waals surface area contributed by atoms with Crippen molar-refractivity contribution < 1.29 is 19.2 Å². The first kappa shape index (κ1) is 31.7. The molecule has 2 aliphatic heterocycles. The fourth-order valence-corrected chi connectivity index (χ4v) is 7.66. The molecule has 2 heterocycles. The van der Waals surface area contributed by atoms with Crippen LogP contribution in [0.1, 0.15) is 59.0 Å². The summed E-state index contributed by atoms with van der Waals surface area (Å²) in [6.45, 7) is 0. The van der Waals surface area contributed by atoms with E-state index in [-0.39, 0.29) is 114 Å². The smallest absolute Gasteiger partial charge is 0.259 e. The molecular weight excluding hydrogens is 764 g/mol. The molecule has 0 bridgehead atoms. The Bertz CT molecular complexity index is 2210. The van der Waals surface area contributed by atoms with E-state index in [4.69, 9.17) is 92.8 Å². The Morgan fingerprint density at radius 1 is 0.609 bits per heavy atom. The van der Waals surface area contributed by atoms with Gasteiger partial charge in [-0.15, -0.1) is 0 Å². The van der Waals surface area contributed by atoms with E-state index in [2.05, 4.69) is 20.6 Å². The van der Waals surface area contributed by atoms with Crippen molar-refractivity contribution in [2.45, 2.75) is 6.42 Å². The second kappa shape index (κ2) is 11.4. The highest BCUT2D eigenvalue weighted by Gasteiger charge is 2.40. The van der Waals surface area contributed by atoms with E-state index in [9.17, 15) is 19.2 Å². The first-order valence-electron chi connectivity index (χ1n) is 13.0. The SMILES string of the molecule is O=C1C2=CC(N=C3NC(=O)c4c(Cl)c(Cl)c(Cl)c(Cl)c43)=CCC2C(=O)c2cc(N=C3NC(=O)c4c(Cl)c(Cl)c(Cl)c(Cl)c43)ccc21. The third-order valence-corrected chi connectivity index (χ3v) is 11.3. The largest absolute Gasteiger partial charge is 0.306 e. The lowest BCUT2D eigenvalue weighted by atomic mass is 9.74. The number of halogens is 8. The van der Waals surface area contributed by atoms with Crippen molar-refractivity contribution in [1.29, 1.82) is 0 Å². The number of allylic oxidation sites excluding steroid dienone is 3. The Morgan fingerprint density at radius 2 is 1.11 bits per heavy atom. The molecule has 1 unspecified atom stereocenters. The van der Waals surface area contributed by atoms with Crippen LogP contribution in [0.5, 0.6) is 0 Å². The summed E-state index contributed by atoms with van der Waals surface area (Å²) in [5.41, 5.74) is 1.50. The summed E-state index contributed by atoms with van der Waals surface area (Å²) in [6, 6.07) is 4.44. The summed E-state index contributed by atoms with van der Waals surface area (Å²) in [7, 11) is 0. The van der Waals surface area contributed by atoms with Crippen LogP contribution >= 0.6 is 92.8 Å². The van der Waals surface area contributed by atoms with E-state index >= 15 is 0 Å². The van der Waals surface area contributed by atoms with Crippen molar-refractivity contribution in [1.82, 2.24) is 10.6 Å². The topological polar surface area (TPSA) is 117 Å². The first-order chi connectivity index (χ1) is 21.8. The van der Waals surface area contributed by atoms with Gasteiger partial charge in [0.05, 0.1) is 79.7 Å². The Kier molecular flexibility index (Phi) is 7.82. The maximum absolute atomic E-state index is 13.7. The molecule has 3 aromatic rings. The highest BCUT2D eigenvalue weighted by atomic mass is 35.5. The number of amidine groups is 2. The Hall–Kier alpha value is -2.92. The van der Waals surface area contributed by atoms with Gasteiger partial charge in [0.25, 0.3) is 11.8 Å².